The van der Waals surface area contributed by atoms with E-state index in [1.165, 1.54) is 0 Å². The zero-order valence-electron chi connectivity index (χ0n) is 6.86. The van der Waals surface area contributed by atoms with Crippen LogP contribution in [-0.2, 0) is 4.74 Å². The van der Waals surface area contributed by atoms with Crippen LogP contribution in [0.1, 0.15) is 13.3 Å². The van der Waals surface area contributed by atoms with E-state index in [4.69, 9.17) is 4.74 Å². The van der Waals surface area contributed by atoms with Gasteiger partial charge in [-0.25, -0.2) is 4.39 Å². The average Bonchev–Trinajstić information content (AvgIpc) is 1.86. The van der Waals surface area contributed by atoms with Crippen LogP contribution in [0.5, 0.6) is 0 Å². The van der Waals surface area contributed by atoms with Crippen LogP contribution in [0.3, 0.4) is 0 Å². The molecule has 0 amide bonds. The molecule has 0 radical (unpaired) electrons. The van der Waals surface area contributed by atoms with Gasteiger partial charge in [-0.3, -0.25) is 0 Å². The monoisotopic (exact) mass is 149 g/mol. The second kappa shape index (κ2) is 5.62. The summed E-state index contributed by atoms with van der Waals surface area (Å²) in [5.74, 6) is 0. The first-order valence-electron chi connectivity index (χ1n) is 3.51. The molecule has 2 unspecified atom stereocenters. The second-order valence-corrected chi connectivity index (χ2v) is 2.46. The Morgan fingerprint density at radius 2 is 2.20 bits per heavy atom. The number of nitrogens with one attached hydrogen (secondary N) is 1. The Morgan fingerprint density at radius 3 is 2.50 bits per heavy atom. The number of hydrogen-bond donors (Lipinski definition) is 1. The summed E-state index contributed by atoms with van der Waals surface area (Å²) in [6.07, 6.45) is -0.239. The summed E-state index contributed by atoms with van der Waals surface area (Å²) in [6.45, 7) is 2.13. The lowest BCUT2D eigenvalue weighted by Crippen LogP contribution is -2.32. The van der Waals surface area contributed by atoms with E-state index in [2.05, 4.69) is 5.32 Å². The highest BCUT2D eigenvalue weighted by Gasteiger charge is 2.08. The summed E-state index contributed by atoms with van der Waals surface area (Å²) < 4.78 is 17.2. The van der Waals surface area contributed by atoms with Crippen LogP contribution in [0, 0.1) is 0 Å². The Kier molecular flexibility index (Phi) is 5.54. The summed E-state index contributed by atoms with van der Waals surface area (Å²) in [5, 5.41) is 2.97. The molecule has 0 rings (SSSR count). The maximum Gasteiger partial charge on any atom is 0.0989 e. The minimum atomic E-state index is -0.757. The minimum Gasteiger partial charge on any atom is -0.383 e. The smallest absolute Gasteiger partial charge is 0.0989 e. The molecule has 10 heavy (non-hydrogen) atoms. The van der Waals surface area contributed by atoms with Gasteiger partial charge in [-0.2, -0.15) is 0 Å². The Hall–Kier alpha value is -0.150. The van der Waals surface area contributed by atoms with Gasteiger partial charge < -0.3 is 10.1 Å². The normalized spacial score (nSPS) is 16.8. The summed E-state index contributed by atoms with van der Waals surface area (Å²) in [6, 6.07) is 0.144. The van der Waals surface area contributed by atoms with Crippen molar-refractivity contribution in [2.75, 3.05) is 20.8 Å². The molecule has 0 aromatic carbocycles. The SMILES string of the molecule is CNC(COC)CC(C)F. The van der Waals surface area contributed by atoms with Crippen LogP contribution in [-0.4, -0.2) is 33.0 Å². The number of hydrogen-bond acceptors (Lipinski definition) is 2. The molecule has 0 aliphatic heterocycles. The lowest BCUT2D eigenvalue weighted by atomic mass is 10.1. The van der Waals surface area contributed by atoms with Crippen LogP contribution in [0.4, 0.5) is 4.39 Å². The zero-order valence-corrected chi connectivity index (χ0v) is 6.86. The summed E-state index contributed by atoms with van der Waals surface area (Å²) in [5.41, 5.74) is 0. The van der Waals surface area contributed by atoms with Gasteiger partial charge in [-0.1, -0.05) is 0 Å². The van der Waals surface area contributed by atoms with Gasteiger partial charge in [0.05, 0.1) is 12.8 Å². The van der Waals surface area contributed by atoms with Crippen molar-refractivity contribution in [3.05, 3.63) is 0 Å². The fraction of sp³-hybridized carbons (Fsp3) is 1.00. The van der Waals surface area contributed by atoms with Crippen molar-refractivity contribution in [1.29, 1.82) is 0 Å². The third kappa shape index (κ3) is 4.70. The van der Waals surface area contributed by atoms with Gasteiger partial charge in [0.2, 0.25) is 0 Å². The molecule has 0 spiro atoms. The molecule has 0 aliphatic rings. The van der Waals surface area contributed by atoms with Crippen molar-refractivity contribution in [3.63, 3.8) is 0 Å². The van der Waals surface area contributed by atoms with Gasteiger partial charge in [0, 0.05) is 13.2 Å². The molecule has 3 heteroatoms. The maximum atomic E-state index is 12.4. The van der Waals surface area contributed by atoms with E-state index in [-0.39, 0.29) is 6.04 Å². The number of methoxy groups -OCH3 is 1. The van der Waals surface area contributed by atoms with E-state index in [9.17, 15) is 4.39 Å². The minimum absolute atomic E-state index is 0.144. The summed E-state index contributed by atoms with van der Waals surface area (Å²) in [4.78, 5) is 0. The van der Waals surface area contributed by atoms with Crippen LogP contribution in [0.15, 0.2) is 0 Å². The van der Waals surface area contributed by atoms with Crippen LogP contribution in [0.2, 0.25) is 0 Å². The van der Waals surface area contributed by atoms with Crippen molar-refractivity contribution in [1.82, 2.24) is 5.32 Å². The van der Waals surface area contributed by atoms with E-state index in [0.29, 0.717) is 13.0 Å². The zero-order chi connectivity index (χ0) is 7.98. The van der Waals surface area contributed by atoms with Crippen molar-refractivity contribution in [2.45, 2.75) is 25.6 Å². The van der Waals surface area contributed by atoms with Crippen molar-refractivity contribution in [2.24, 2.45) is 0 Å². The van der Waals surface area contributed by atoms with Gasteiger partial charge in [0.1, 0.15) is 0 Å². The molecular formula is C7H16FNO. The van der Waals surface area contributed by atoms with Crippen molar-refractivity contribution < 1.29 is 9.13 Å². The number of ether oxygens (including phenoxy) is 1. The number of alkyl halides is 1. The lowest BCUT2D eigenvalue weighted by Gasteiger charge is -2.14. The number of rotatable bonds is 5. The van der Waals surface area contributed by atoms with Crippen LogP contribution in [0.25, 0.3) is 0 Å². The molecule has 62 valence electrons. The van der Waals surface area contributed by atoms with Crippen LogP contribution < -0.4 is 5.32 Å². The third-order valence-corrected chi connectivity index (χ3v) is 1.39. The molecule has 0 aliphatic carbocycles. The van der Waals surface area contributed by atoms with Crippen LogP contribution >= 0.6 is 0 Å². The van der Waals surface area contributed by atoms with Gasteiger partial charge in [0.25, 0.3) is 0 Å². The van der Waals surface area contributed by atoms with E-state index in [1.54, 1.807) is 14.0 Å². The molecule has 2 atom stereocenters. The fourth-order valence-electron chi connectivity index (χ4n) is 0.862. The number of halogens is 1. The van der Waals surface area contributed by atoms with E-state index in [0.717, 1.165) is 0 Å². The van der Waals surface area contributed by atoms with Gasteiger partial charge >= 0.3 is 0 Å². The first-order chi connectivity index (χ1) is 4.70. The second-order valence-electron chi connectivity index (χ2n) is 2.46. The maximum absolute atomic E-state index is 12.4. The highest BCUT2D eigenvalue weighted by Crippen LogP contribution is 2.00. The third-order valence-electron chi connectivity index (χ3n) is 1.39. The van der Waals surface area contributed by atoms with Crippen molar-refractivity contribution in [3.8, 4) is 0 Å². The summed E-state index contributed by atoms with van der Waals surface area (Å²) in [7, 11) is 3.43. The van der Waals surface area contributed by atoms with Crippen molar-refractivity contribution >= 4 is 0 Å². The Morgan fingerprint density at radius 1 is 1.60 bits per heavy atom. The Balaban J connectivity index is 3.39. The first-order valence-corrected chi connectivity index (χ1v) is 3.51. The van der Waals surface area contributed by atoms with Gasteiger partial charge in [-0.15, -0.1) is 0 Å². The van der Waals surface area contributed by atoms with E-state index >= 15 is 0 Å². The van der Waals surface area contributed by atoms with E-state index < -0.39 is 6.17 Å². The quantitative estimate of drug-likeness (QED) is 0.629. The molecule has 0 fully saturated rings. The molecule has 0 heterocycles. The molecule has 0 bridgehead atoms. The topological polar surface area (TPSA) is 21.3 Å². The molecule has 2 nitrogen and oxygen atoms in total. The highest BCUT2D eigenvalue weighted by molar-refractivity contribution is 4.66. The van der Waals surface area contributed by atoms with Gasteiger partial charge in [0.15, 0.2) is 0 Å². The first kappa shape index (κ1) is 9.85. The predicted octanol–water partition coefficient (Wildman–Crippen LogP) is 0.969. The average molecular weight is 149 g/mol. The number of likely N-dealkylation sites (N-methyl/N-ethyl adjacent to an activating group) is 1. The standard InChI is InChI=1S/C7H16FNO/c1-6(8)4-7(9-2)5-10-3/h6-7,9H,4-5H2,1-3H3. The molecule has 0 saturated heterocycles. The Bertz CT molecular complexity index is 78.0. The predicted molar refractivity (Wildman–Crippen MR) is 39.9 cm³/mol. The molecular weight excluding hydrogens is 133 g/mol. The lowest BCUT2D eigenvalue weighted by molar-refractivity contribution is 0.152. The largest absolute Gasteiger partial charge is 0.383 e. The highest BCUT2D eigenvalue weighted by atomic mass is 19.1. The fourth-order valence-corrected chi connectivity index (χ4v) is 0.862. The van der Waals surface area contributed by atoms with E-state index in [1.807, 2.05) is 7.05 Å². The molecule has 0 saturated carbocycles. The van der Waals surface area contributed by atoms with Gasteiger partial charge in [-0.05, 0) is 20.4 Å². The molecule has 1 N–H and O–H groups in total. The molecule has 0 aromatic rings. The summed E-state index contributed by atoms with van der Waals surface area (Å²) >= 11 is 0. The molecule has 0 aromatic heterocycles. The Labute approximate surface area is 61.8 Å².